The first-order chi connectivity index (χ1) is 11.5. The number of hydrogen-bond donors (Lipinski definition) is 0. The van der Waals surface area contributed by atoms with Crippen LogP contribution in [0.5, 0.6) is 5.75 Å². The molecule has 1 aromatic heterocycles. The van der Waals surface area contributed by atoms with Gasteiger partial charge in [-0.25, -0.2) is 0 Å². The lowest BCUT2D eigenvalue weighted by Crippen LogP contribution is -2.56. The lowest BCUT2D eigenvalue weighted by atomic mass is 10.1. The zero-order valence-corrected chi connectivity index (χ0v) is 14.8. The molecular formula is C19H24N2O3. The Hall–Kier alpha value is -2.30. The average Bonchev–Trinajstić information content (AvgIpc) is 2.81. The fourth-order valence-electron chi connectivity index (χ4n) is 3.12. The summed E-state index contributed by atoms with van der Waals surface area (Å²) in [7, 11) is 0. The molecule has 0 N–H and O–H groups in total. The summed E-state index contributed by atoms with van der Waals surface area (Å²) >= 11 is 0. The minimum absolute atomic E-state index is 0.0906. The molecule has 3 rings (SSSR count). The molecular weight excluding hydrogens is 304 g/mol. The zero-order valence-electron chi connectivity index (χ0n) is 14.8. The fraction of sp³-hybridized carbons (Fsp3) is 0.474. The standard InChI is InChI=1S/C19H24N2O3/c1-12-6-5-7-13(2)19(12)23-16-10-21(11-16)18(22)9-8-17-14(3)20-24-15(17)4/h5-7,16H,8-11H2,1-4H3. The van der Waals surface area contributed by atoms with Gasteiger partial charge in [0.2, 0.25) is 5.91 Å². The summed E-state index contributed by atoms with van der Waals surface area (Å²) in [6, 6.07) is 6.13. The first kappa shape index (κ1) is 16.6. The molecule has 0 unspecified atom stereocenters. The third kappa shape index (κ3) is 3.30. The quantitative estimate of drug-likeness (QED) is 0.846. The smallest absolute Gasteiger partial charge is 0.223 e. The van der Waals surface area contributed by atoms with Gasteiger partial charge in [0, 0.05) is 12.0 Å². The van der Waals surface area contributed by atoms with Gasteiger partial charge in [-0.2, -0.15) is 0 Å². The Kier molecular flexibility index (Phi) is 4.60. The van der Waals surface area contributed by atoms with Crippen molar-refractivity contribution in [1.82, 2.24) is 10.1 Å². The number of aryl methyl sites for hydroxylation is 4. The van der Waals surface area contributed by atoms with Gasteiger partial charge in [0.25, 0.3) is 0 Å². The van der Waals surface area contributed by atoms with Crippen molar-refractivity contribution in [3.05, 3.63) is 46.3 Å². The van der Waals surface area contributed by atoms with Crippen molar-refractivity contribution in [3.8, 4) is 5.75 Å². The maximum absolute atomic E-state index is 12.3. The van der Waals surface area contributed by atoms with Gasteiger partial charge in [0.1, 0.15) is 17.6 Å². The summed E-state index contributed by atoms with van der Waals surface area (Å²) < 4.78 is 11.2. The molecule has 0 radical (unpaired) electrons. The van der Waals surface area contributed by atoms with Crippen molar-refractivity contribution in [2.24, 2.45) is 0 Å². The highest BCUT2D eigenvalue weighted by Crippen LogP contribution is 2.26. The van der Waals surface area contributed by atoms with Gasteiger partial charge in [-0.1, -0.05) is 23.4 Å². The summed E-state index contributed by atoms with van der Waals surface area (Å²) in [6.07, 6.45) is 1.26. The number of para-hydroxylation sites is 1. The monoisotopic (exact) mass is 328 g/mol. The number of rotatable bonds is 5. The van der Waals surface area contributed by atoms with E-state index in [1.165, 1.54) is 0 Å². The predicted molar refractivity (Wildman–Crippen MR) is 91.2 cm³/mol. The van der Waals surface area contributed by atoms with Crippen LogP contribution in [-0.4, -0.2) is 35.2 Å². The van der Waals surface area contributed by atoms with Crippen LogP contribution in [-0.2, 0) is 11.2 Å². The number of amides is 1. The lowest BCUT2D eigenvalue weighted by molar-refractivity contribution is -0.139. The Bertz CT molecular complexity index is 705. The van der Waals surface area contributed by atoms with Crippen LogP contribution >= 0.6 is 0 Å². The van der Waals surface area contributed by atoms with Gasteiger partial charge in [-0.05, 0) is 45.2 Å². The number of carbonyl (C=O) groups is 1. The Balaban J connectivity index is 1.49. The van der Waals surface area contributed by atoms with E-state index in [0.717, 1.165) is 33.9 Å². The normalized spacial score (nSPS) is 14.6. The van der Waals surface area contributed by atoms with E-state index >= 15 is 0 Å². The summed E-state index contributed by atoms with van der Waals surface area (Å²) in [5, 5.41) is 3.93. The second-order valence-electron chi connectivity index (χ2n) is 6.56. The second-order valence-corrected chi connectivity index (χ2v) is 6.56. The Labute approximate surface area is 142 Å². The molecule has 1 saturated heterocycles. The molecule has 0 bridgehead atoms. The van der Waals surface area contributed by atoms with E-state index in [1.54, 1.807) is 0 Å². The van der Waals surface area contributed by atoms with Crippen molar-refractivity contribution < 1.29 is 14.1 Å². The molecule has 0 spiro atoms. The highest BCUT2D eigenvalue weighted by atomic mass is 16.5. The third-order valence-corrected chi connectivity index (χ3v) is 4.66. The van der Waals surface area contributed by atoms with Crippen LogP contribution in [0.1, 0.15) is 34.6 Å². The van der Waals surface area contributed by atoms with E-state index in [1.807, 2.05) is 50.8 Å². The number of nitrogens with zero attached hydrogens (tertiary/aromatic N) is 2. The highest BCUT2D eigenvalue weighted by Gasteiger charge is 2.32. The van der Waals surface area contributed by atoms with Gasteiger partial charge in [0.05, 0.1) is 18.8 Å². The lowest BCUT2D eigenvalue weighted by Gasteiger charge is -2.39. The Morgan fingerprint density at radius 1 is 1.25 bits per heavy atom. The summed E-state index contributed by atoms with van der Waals surface area (Å²) in [6.45, 7) is 9.22. The van der Waals surface area contributed by atoms with Crippen LogP contribution in [0, 0.1) is 27.7 Å². The van der Waals surface area contributed by atoms with Crippen LogP contribution in [0.15, 0.2) is 22.7 Å². The van der Waals surface area contributed by atoms with Gasteiger partial charge in [-0.3, -0.25) is 4.79 Å². The molecule has 128 valence electrons. The molecule has 1 aromatic carbocycles. The van der Waals surface area contributed by atoms with E-state index in [-0.39, 0.29) is 12.0 Å². The van der Waals surface area contributed by atoms with Crippen molar-refractivity contribution in [2.45, 2.75) is 46.6 Å². The SMILES string of the molecule is Cc1cccc(C)c1OC1CN(C(=O)CCc2c(C)noc2C)C1. The van der Waals surface area contributed by atoms with E-state index in [9.17, 15) is 4.79 Å². The molecule has 1 aliphatic rings. The average molecular weight is 328 g/mol. The zero-order chi connectivity index (χ0) is 17.3. The van der Waals surface area contributed by atoms with E-state index < -0.39 is 0 Å². The number of benzene rings is 1. The van der Waals surface area contributed by atoms with Gasteiger partial charge in [-0.15, -0.1) is 0 Å². The maximum atomic E-state index is 12.3. The first-order valence-electron chi connectivity index (χ1n) is 8.38. The number of likely N-dealkylation sites (tertiary alicyclic amines) is 1. The van der Waals surface area contributed by atoms with Crippen molar-refractivity contribution in [1.29, 1.82) is 0 Å². The number of hydrogen-bond acceptors (Lipinski definition) is 4. The molecule has 2 heterocycles. The maximum Gasteiger partial charge on any atom is 0.223 e. The van der Waals surface area contributed by atoms with Crippen molar-refractivity contribution >= 4 is 5.91 Å². The fourth-order valence-corrected chi connectivity index (χ4v) is 3.12. The van der Waals surface area contributed by atoms with Crippen LogP contribution in [0.25, 0.3) is 0 Å². The van der Waals surface area contributed by atoms with Gasteiger partial charge >= 0.3 is 0 Å². The molecule has 5 nitrogen and oxygen atoms in total. The minimum atomic E-state index is 0.0906. The van der Waals surface area contributed by atoms with Gasteiger partial charge in [0.15, 0.2) is 0 Å². The van der Waals surface area contributed by atoms with Crippen LogP contribution < -0.4 is 4.74 Å². The predicted octanol–water partition coefficient (Wildman–Crippen LogP) is 3.13. The highest BCUT2D eigenvalue weighted by molar-refractivity contribution is 5.77. The molecule has 0 atom stereocenters. The van der Waals surface area contributed by atoms with Crippen LogP contribution in [0.4, 0.5) is 0 Å². The topological polar surface area (TPSA) is 55.6 Å². The molecule has 5 heteroatoms. The molecule has 0 aliphatic carbocycles. The third-order valence-electron chi connectivity index (χ3n) is 4.66. The molecule has 24 heavy (non-hydrogen) atoms. The Morgan fingerprint density at radius 3 is 2.50 bits per heavy atom. The molecule has 1 amide bonds. The second kappa shape index (κ2) is 6.67. The van der Waals surface area contributed by atoms with Crippen LogP contribution in [0.3, 0.4) is 0 Å². The van der Waals surface area contributed by atoms with Crippen LogP contribution in [0.2, 0.25) is 0 Å². The summed E-state index contributed by atoms with van der Waals surface area (Å²) in [5.74, 6) is 1.92. The molecule has 2 aromatic rings. The molecule has 0 saturated carbocycles. The van der Waals surface area contributed by atoms with Crippen molar-refractivity contribution in [3.63, 3.8) is 0 Å². The molecule has 1 aliphatic heterocycles. The Morgan fingerprint density at radius 2 is 1.92 bits per heavy atom. The molecule has 1 fully saturated rings. The summed E-state index contributed by atoms with van der Waals surface area (Å²) in [4.78, 5) is 14.2. The largest absolute Gasteiger partial charge is 0.486 e. The number of carbonyl (C=O) groups excluding carboxylic acids is 1. The van der Waals surface area contributed by atoms with Gasteiger partial charge < -0.3 is 14.2 Å². The van der Waals surface area contributed by atoms with Crippen molar-refractivity contribution in [2.75, 3.05) is 13.1 Å². The van der Waals surface area contributed by atoms with E-state index in [0.29, 0.717) is 25.9 Å². The van der Waals surface area contributed by atoms with E-state index in [4.69, 9.17) is 9.26 Å². The summed E-state index contributed by atoms with van der Waals surface area (Å²) in [5.41, 5.74) is 4.20. The number of ether oxygens (including phenoxy) is 1. The first-order valence-corrected chi connectivity index (χ1v) is 8.38. The number of aromatic nitrogens is 1. The minimum Gasteiger partial charge on any atom is -0.486 e. The van der Waals surface area contributed by atoms with E-state index in [2.05, 4.69) is 5.16 Å².